The summed E-state index contributed by atoms with van der Waals surface area (Å²) in [7, 11) is 0. The molecule has 4 rings (SSSR count). The summed E-state index contributed by atoms with van der Waals surface area (Å²) < 4.78 is 0. The first-order valence-corrected chi connectivity index (χ1v) is 7.49. The minimum Gasteiger partial charge on any atom is -0.339 e. The quantitative estimate of drug-likeness (QED) is 0.696. The van der Waals surface area contributed by atoms with E-state index in [4.69, 9.17) is 0 Å². The van der Waals surface area contributed by atoms with Crippen molar-refractivity contribution in [1.82, 2.24) is 4.90 Å². The number of likely N-dealkylation sites (tertiary alicyclic amines) is 1. The van der Waals surface area contributed by atoms with E-state index in [0.29, 0.717) is 17.2 Å². The Labute approximate surface area is 110 Å². The first-order chi connectivity index (χ1) is 8.50. The average molecular weight is 247 g/mol. The van der Waals surface area contributed by atoms with Crippen molar-refractivity contribution in [2.45, 2.75) is 46.5 Å². The number of nitrogens with zero attached hydrogens (tertiary/aromatic N) is 1. The minimum absolute atomic E-state index is 0.345. The number of fused-ring (bicyclic) bond motifs is 1. The molecule has 3 aliphatic carbocycles. The van der Waals surface area contributed by atoms with Crippen molar-refractivity contribution in [2.75, 3.05) is 13.1 Å². The van der Waals surface area contributed by atoms with Crippen LogP contribution in [0.3, 0.4) is 0 Å². The van der Waals surface area contributed by atoms with Crippen molar-refractivity contribution >= 4 is 5.91 Å². The fourth-order valence-electron chi connectivity index (χ4n) is 3.99. The molecule has 2 atom stereocenters. The highest BCUT2D eigenvalue weighted by atomic mass is 16.2. The van der Waals surface area contributed by atoms with Gasteiger partial charge in [0.1, 0.15) is 0 Å². The molecular formula is C16H25NO. The van der Waals surface area contributed by atoms with Crippen LogP contribution in [0.2, 0.25) is 0 Å². The van der Waals surface area contributed by atoms with Gasteiger partial charge in [0.25, 0.3) is 0 Å². The Balaban J connectivity index is 1.72. The number of piperidine rings is 1. The fourth-order valence-corrected chi connectivity index (χ4v) is 3.99. The van der Waals surface area contributed by atoms with Crippen molar-refractivity contribution in [3.05, 3.63) is 11.6 Å². The molecule has 0 aromatic carbocycles. The van der Waals surface area contributed by atoms with Crippen LogP contribution >= 0.6 is 0 Å². The number of carbonyl (C=O) groups excluding carboxylic acids is 1. The molecule has 2 fully saturated rings. The highest BCUT2D eigenvalue weighted by molar-refractivity contribution is 5.94. The van der Waals surface area contributed by atoms with Crippen LogP contribution in [0.4, 0.5) is 0 Å². The van der Waals surface area contributed by atoms with Gasteiger partial charge in [0.15, 0.2) is 0 Å². The zero-order valence-corrected chi connectivity index (χ0v) is 11.9. The molecule has 18 heavy (non-hydrogen) atoms. The molecule has 1 amide bonds. The fraction of sp³-hybridized carbons (Fsp3) is 0.812. The minimum atomic E-state index is 0.345. The third-order valence-corrected chi connectivity index (χ3v) is 5.79. The third kappa shape index (κ3) is 1.72. The Bertz CT molecular complexity index is 388. The lowest BCUT2D eigenvalue weighted by Crippen LogP contribution is -2.52. The van der Waals surface area contributed by atoms with Gasteiger partial charge in [-0.15, -0.1) is 0 Å². The highest BCUT2D eigenvalue weighted by Crippen LogP contribution is 2.59. The second-order valence-corrected chi connectivity index (χ2v) is 7.18. The predicted octanol–water partition coefficient (Wildman–Crippen LogP) is 3.24. The first kappa shape index (κ1) is 12.3. The summed E-state index contributed by atoms with van der Waals surface area (Å²) in [6, 6.07) is 0. The lowest BCUT2D eigenvalue weighted by Gasteiger charge is -2.56. The molecule has 1 saturated carbocycles. The number of rotatable bonds is 1. The van der Waals surface area contributed by atoms with Crippen molar-refractivity contribution in [3.8, 4) is 0 Å². The Kier molecular flexibility index (Phi) is 2.80. The smallest absolute Gasteiger partial charge is 0.249 e. The van der Waals surface area contributed by atoms with E-state index in [1.165, 1.54) is 19.3 Å². The molecule has 0 N–H and O–H groups in total. The second-order valence-electron chi connectivity index (χ2n) is 7.18. The van der Waals surface area contributed by atoms with Gasteiger partial charge in [0.2, 0.25) is 5.91 Å². The SMILES string of the molecule is CC1CCN(C(=O)C2=CC[C@H]3C[C@@H]2C3(C)C)CC1. The van der Waals surface area contributed by atoms with E-state index < -0.39 is 0 Å². The van der Waals surface area contributed by atoms with Crippen LogP contribution in [0.15, 0.2) is 11.6 Å². The molecular weight excluding hydrogens is 222 g/mol. The van der Waals surface area contributed by atoms with E-state index >= 15 is 0 Å². The molecule has 0 aromatic heterocycles. The lowest BCUT2D eigenvalue weighted by atomic mass is 9.48. The summed E-state index contributed by atoms with van der Waals surface area (Å²) in [5, 5.41) is 0. The number of hydrogen-bond donors (Lipinski definition) is 0. The Morgan fingerprint density at radius 2 is 2.00 bits per heavy atom. The summed E-state index contributed by atoms with van der Waals surface area (Å²) in [5.41, 5.74) is 1.50. The second kappa shape index (κ2) is 4.11. The van der Waals surface area contributed by atoms with Gasteiger partial charge in [-0.3, -0.25) is 4.79 Å². The largest absolute Gasteiger partial charge is 0.339 e. The van der Waals surface area contributed by atoms with Gasteiger partial charge in [-0.2, -0.15) is 0 Å². The maximum Gasteiger partial charge on any atom is 0.249 e. The van der Waals surface area contributed by atoms with Gasteiger partial charge in [-0.25, -0.2) is 0 Å². The first-order valence-electron chi connectivity index (χ1n) is 7.49. The number of allylic oxidation sites excluding steroid dienone is 1. The number of carbonyl (C=O) groups is 1. The molecule has 1 heterocycles. The van der Waals surface area contributed by atoms with Crippen LogP contribution in [-0.2, 0) is 4.79 Å². The van der Waals surface area contributed by atoms with Crippen LogP contribution in [-0.4, -0.2) is 23.9 Å². The van der Waals surface area contributed by atoms with Crippen molar-refractivity contribution in [2.24, 2.45) is 23.2 Å². The van der Waals surface area contributed by atoms with Crippen LogP contribution in [0.25, 0.3) is 0 Å². The van der Waals surface area contributed by atoms with E-state index in [1.54, 1.807) is 0 Å². The van der Waals surface area contributed by atoms with Crippen LogP contribution in [0, 0.1) is 23.2 Å². The van der Waals surface area contributed by atoms with Crippen LogP contribution < -0.4 is 0 Å². The summed E-state index contributed by atoms with van der Waals surface area (Å²) in [5.74, 6) is 2.49. The van der Waals surface area contributed by atoms with Crippen molar-refractivity contribution in [3.63, 3.8) is 0 Å². The van der Waals surface area contributed by atoms with Crippen LogP contribution in [0.1, 0.15) is 46.5 Å². The average Bonchev–Trinajstić information content (AvgIpc) is 2.38. The predicted molar refractivity (Wildman–Crippen MR) is 73.1 cm³/mol. The molecule has 1 saturated heterocycles. The molecule has 0 aromatic rings. The van der Waals surface area contributed by atoms with Crippen LogP contribution in [0.5, 0.6) is 0 Å². The molecule has 2 heteroatoms. The topological polar surface area (TPSA) is 20.3 Å². The third-order valence-electron chi connectivity index (χ3n) is 5.79. The molecule has 4 aliphatic rings. The lowest BCUT2D eigenvalue weighted by molar-refractivity contribution is -0.132. The zero-order chi connectivity index (χ0) is 12.9. The molecule has 0 radical (unpaired) electrons. The normalized spacial score (nSPS) is 34.8. The Hall–Kier alpha value is -0.790. The monoisotopic (exact) mass is 247 g/mol. The van der Waals surface area contributed by atoms with Gasteiger partial charge in [0.05, 0.1) is 0 Å². The van der Waals surface area contributed by atoms with Crippen molar-refractivity contribution in [1.29, 1.82) is 0 Å². The van der Waals surface area contributed by atoms with Gasteiger partial charge >= 0.3 is 0 Å². The van der Waals surface area contributed by atoms with Gasteiger partial charge in [-0.05, 0) is 48.9 Å². The van der Waals surface area contributed by atoms with E-state index in [0.717, 1.165) is 36.9 Å². The van der Waals surface area contributed by atoms with Crippen molar-refractivity contribution < 1.29 is 4.79 Å². The van der Waals surface area contributed by atoms with Gasteiger partial charge < -0.3 is 4.90 Å². The summed E-state index contributed by atoms with van der Waals surface area (Å²) in [6.07, 6.45) is 6.96. The maximum atomic E-state index is 12.6. The van der Waals surface area contributed by atoms with E-state index in [2.05, 4.69) is 31.7 Å². The summed E-state index contributed by atoms with van der Waals surface area (Å²) >= 11 is 0. The molecule has 2 nitrogen and oxygen atoms in total. The highest BCUT2D eigenvalue weighted by Gasteiger charge is 2.53. The van der Waals surface area contributed by atoms with E-state index in [9.17, 15) is 4.79 Å². The number of hydrogen-bond acceptors (Lipinski definition) is 1. The summed E-state index contributed by atoms with van der Waals surface area (Å²) in [6.45, 7) is 8.90. The molecule has 0 spiro atoms. The molecule has 0 unspecified atom stereocenters. The van der Waals surface area contributed by atoms with Gasteiger partial charge in [0, 0.05) is 18.7 Å². The standard InChI is InChI=1S/C16H25NO/c1-11-6-8-17(9-7-11)15(18)13-5-4-12-10-14(13)16(12,2)3/h5,11-12,14H,4,6-10H2,1-3H3/t12-,14-/m0/s1. The number of amides is 1. The van der Waals surface area contributed by atoms with E-state index in [-0.39, 0.29) is 0 Å². The van der Waals surface area contributed by atoms with E-state index in [1.807, 2.05) is 0 Å². The summed E-state index contributed by atoms with van der Waals surface area (Å²) in [4.78, 5) is 14.7. The molecule has 1 aliphatic heterocycles. The van der Waals surface area contributed by atoms with Gasteiger partial charge in [-0.1, -0.05) is 26.8 Å². The maximum absolute atomic E-state index is 12.6. The Morgan fingerprint density at radius 3 is 2.56 bits per heavy atom. The Morgan fingerprint density at radius 1 is 1.33 bits per heavy atom. The molecule has 2 bridgehead atoms. The zero-order valence-electron chi connectivity index (χ0n) is 11.9. The molecule has 100 valence electrons.